The molecule has 1 aromatic carbocycles. The van der Waals surface area contributed by atoms with Crippen LogP contribution in [0.1, 0.15) is 6.92 Å². The summed E-state index contributed by atoms with van der Waals surface area (Å²) in [5.41, 5.74) is 0. The first-order chi connectivity index (χ1) is 7.01. The van der Waals surface area contributed by atoms with E-state index < -0.39 is 20.7 Å². The van der Waals surface area contributed by atoms with Gasteiger partial charge in [-0.05, 0) is 12.1 Å². The van der Waals surface area contributed by atoms with E-state index >= 15 is 0 Å². The zero-order valence-corrected chi connectivity index (χ0v) is 9.27. The lowest BCUT2D eigenvalue weighted by Gasteiger charge is -2.07. The van der Waals surface area contributed by atoms with Crippen molar-refractivity contribution < 1.29 is 17.5 Å². The fourth-order valence-corrected chi connectivity index (χ4v) is 2.22. The lowest BCUT2D eigenvalue weighted by Crippen LogP contribution is -2.24. The third kappa shape index (κ3) is 2.66. The molecule has 0 bridgehead atoms. The maximum absolute atomic E-state index is 13.3. The second-order valence-corrected chi connectivity index (χ2v) is 4.53. The van der Waals surface area contributed by atoms with E-state index in [9.17, 15) is 12.8 Å². The van der Waals surface area contributed by atoms with Gasteiger partial charge in [0.25, 0.3) is 0 Å². The number of ether oxygens (including phenoxy) is 1. The summed E-state index contributed by atoms with van der Waals surface area (Å²) in [6, 6.07) is 3.57. The molecule has 0 amide bonds. The first-order valence-corrected chi connectivity index (χ1v) is 5.82. The van der Waals surface area contributed by atoms with Gasteiger partial charge in [-0.1, -0.05) is 6.92 Å². The van der Waals surface area contributed by atoms with Gasteiger partial charge in [-0.15, -0.1) is 0 Å². The first kappa shape index (κ1) is 11.9. The average Bonchev–Trinajstić information content (AvgIpc) is 2.18. The van der Waals surface area contributed by atoms with Gasteiger partial charge in [-0.25, -0.2) is 17.5 Å². The zero-order chi connectivity index (χ0) is 11.5. The molecule has 0 radical (unpaired) electrons. The monoisotopic (exact) mass is 233 g/mol. The molecule has 1 N–H and O–H groups in total. The van der Waals surface area contributed by atoms with Crippen molar-refractivity contribution in [1.82, 2.24) is 4.72 Å². The lowest BCUT2D eigenvalue weighted by atomic mass is 10.3. The van der Waals surface area contributed by atoms with Gasteiger partial charge in [0.05, 0.1) is 7.11 Å². The number of halogens is 1. The molecule has 0 fully saturated rings. The van der Waals surface area contributed by atoms with E-state index in [1.165, 1.54) is 13.2 Å². The summed E-state index contributed by atoms with van der Waals surface area (Å²) in [4.78, 5) is -0.399. The van der Waals surface area contributed by atoms with Crippen LogP contribution in [0.3, 0.4) is 0 Å². The minimum absolute atomic E-state index is 0.207. The highest BCUT2D eigenvalue weighted by Gasteiger charge is 2.18. The fourth-order valence-electron chi connectivity index (χ4n) is 1.08. The third-order valence-corrected chi connectivity index (χ3v) is 3.32. The highest BCUT2D eigenvalue weighted by Crippen LogP contribution is 2.20. The minimum atomic E-state index is -3.78. The molecule has 1 aromatic rings. The van der Waals surface area contributed by atoms with Crippen molar-refractivity contribution in [2.45, 2.75) is 11.8 Å². The molecule has 1 rings (SSSR count). The van der Waals surface area contributed by atoms with E-state index in [4.69, 9.17) is 4.74 Å². The van der Waals surface area contributed by atoms with Crippen molar-refractivity contribution in [1.29, 1.82) is 0 Å². The van der Waals surface area contributed by atoms with Crippen molar-refractivity contribution in [3.8, 4) is 5.75 Å². The number of hydrogen-bond acceptors (Lipinski definition) is 3. The van der Waals surface area contributed by atoms with Crippen molar-refractivity contribution in [2.75, 3.05) is 13.7 Å². The molecule has 0 unspecified atom stereocenters. The summed E-state index contributed by atoms with van der Waals surface area (Å²) < 4.78 is 43.3. The standard InChI is InChI=1S/C9H12FNO3S/c1-3-11-15(12,13)9-6-7(14-2)4-5-8(9)10/h4-6,11H,3H2,1-2H3. The van der Waals surface area contributed by atoms with Crippen molar-refractivity contribution in [3.63, 3.8) is 0 Å². The predicted molar refractivity (Wildman–Crippen MR) is 53.8 cm³/mol. The summed E-state index contributed by atoms with van der Waals surface area (Å²) >= 11 is 0. The highest BCUT2D eigenvalue weighted by molar-refractivity contribution is 7.89. The van der Waals surface area contributed by atoms with Gasteiger partial charge in [0.1, 0.15) is 16.5 Å². The van der Waals surface area contributed by atoms with Gasteiger partial charge >= 0.3 is 0 Å². The SMILES string of the molecule is CCNS(=O)(=O)c1cc(OC)ccc1F. The van der Waals surface area contributed by atoms with Crippen molar-refractivity contribution in [3.05, 3.63) is 24.0 Å². The first-order valence-electron chi connectivity index (χ1n) is 4.34. The Bertz CT molecular complexity index is 445. The number of rotatable bonds is 4. The highest BCUT2D eigenvalue weighted by atomic mass is 32.2. The maximum atomic E-state index is 13.3. The van der Waals surface area contributed by atoms with Crippen LogP contribution in [0.4, 0.5) is 4.39 Å². The molecule has 0 aliphatic rings. The third-order valence-electron chi connectivity index (χ3n) is 1.76. The van der Waals surface area contributed by atoms with E-state index in [1.807, 2.05) is 0 Å². The van der Waals surface area contributed by atoms with Gasteiger partial charge in [0.15, 0.2) is 0 Å². The Balaban J connectivity index is 3.24. The summed E-state index contributed by atoms with van der Waals surface area (Å²) in [5.74, 6) is -0.496. The molecule has 4 nitrogen and oxygen atoms in total. The Kier molecular flexibility index (Phi) is 3.65. The summed E-state index contributed by atoms with van der Waals surface area (Å²) in [5, 5.41) is 0. The van der Waals surface area contributed by atoms with Crippen LogP contribution < -0.4 is 9.46 Å². The van der Waals surface area contributed by atoms with Crippen LogP contribution in [0.15, 0.2) is 23.1 Å². The van der Waals surface area contributed by atoms with Gasteiger partial charge < -0.3 is 4.74 Å². The van der Waals surface area contributed by atoms with E-state index in [1.54, 1.807) is 6.92 Å². The van der Waals surface area contributed by atoms with E-state index in [0.717, 1.165) is 12.1 Å². The molecule has 6 heteroatoms. The number of methoxy groups -OCH3 is 1. The second-order valence-electron chi connectivity index (χ2n) is 2.80. The van der Waals surface area contributed by atoms with Crippen LogP contribution in [0.2, 0.25) is 0 Å². The van der Waals surface area contributed by atoms with Crippen molar-refractivity contribution >= 4 is 10.0 Å². The molecular formula is C9H12FNO3S. The number of benzene rings is 1. The van der Waals surface area contributed by atoms with Crippen LogP contribution in [0.5, 0.6) is 5.75 Å². The molecule has 15 heavy (non-hydrogen) atoms. The second kappa shape index (κ2) is 4.59. The van der Waals surface area contributed by atoms with Gasteiger partial charge in [0.2, 0.25) is 10.0 Å². The quantitative estimate of drug-likeness (QED) is 0.848. The minimum Gasteiger partial charge on any atom is -0.497 e. The molecule has 84 valence electrons. The van der Waals surface area contributed by atoms with Crippen LogP contribution in [0, 0.1) is 5.82 Å². The van der Waals surface area contributed by atoms with Gasteiger partial charge in [0, 0.05) is 12.6 Å². The normalized spacial score (nSPS) is 11.4. The van der Waals surface area contributed by atoms with Crippen LogP contribution in [-0.4, -0.2) is 22.1 Å². The molecule has 0 saturated heterocycles. The van der Waals surface area contributed by atoms with Crippen LogP contribution in [-0.2, 0) is 10.0 Å². The number of sulfonamides is 1. The summed E-state index contributed by atoms with van der Waals surface area (Å²) in [7, 11) is -2.39. The van der Waals surface area contributed by atoms with Crippen molar-refractivity contribution in [2.24, 2.45) is 0 Å². The summed E-state index contributed by atoms with van der Waals surface area (Å²) in [6.07, 6.45) is 0. The van der Waals surface area contributed by atoms with Crippen LogP contribution >= 0.6 is 0 Å². The van der Waals surface area contributed by atoms with E-state index in [0.29, 0.717) is 5.75 Å². The maximum Gasteiger partial charge on any atom is 0.243 e. The molecule has 0 atom stereocenters. The largest absolute Gasteiger partial charge is 0.497 e. The Labute approximate surface area is 88.1 Å². The molecule has 0 spiro atoms. The molecule has 0 saturated carbocycles. The Hall–Kier alpha value is -1.14. The summed E-state index contributed by atoms with van der Waals surface area (Å²) in [6.45, 7) is 1.83. The molecular weight excluding hydrogens is 221 g/mol. The molecule has 0 heterocycles. The molecule has 0 aliphatic heterocycles. The van der Waals surface area contributed by atoms with Gasteiger partial charge in [-0.3, -0.25) is 0 Å². The predicted octanol–water partition coefficient (Wildman–Crippen LogP) is 1.13. The van der Waals surface area contributed by atoms with Gasteiger partial charge in [-0.2, -0.15) is 0 Å². The topological polar surface area (TPSA) is 55.4 Å². The Morgan fingerprint density at radius 2 is 2.13 bits per heavy atom. The number of hydrogen-bond donors (Lipinski definition) is 1. The Morgan fingerprint density at radius 1 is 1.47 bits per heavy atom. The zero-order valence-electron chi connectivity index (χ0n) is 8.45. The van der Waals surface area contributed by atoms with E-state index in [2.05, 4.69) is 4.72 Å². The molecule has 0 aliphatic carbocycles. The smallest absolute Gasteiger partial charge is 0.243 e. The fraction of sp³-hybridized carbons (Fsp3) is 0.333. The Morgan fingerprint density at radius 3 is 2.67 bits per heavy atom. The van der Waals surface area contributed by atoms with Crippen LogP contribution in [0.25, 0.3) is 0 Å². The molecule has 0 aromatic heterocycles. The van der Waals surface area contributed by atoms with E-state index in [-0.39, 0.29) is 6.54 Å². The number of nitrogens with one attached hydrogen (secondary N) is 1. The average molecular weight is 233 g/mol. The lowest BCUT2D eigenvalue weighted by molar-refractivity contribution is 0.411.